The Kier molecular flexibility index (Phi) is 2.57. The summed E-state index contributed by atoms with van der Waals surface area (Å²) in [5.41, 5.74) is 1.65. The van der Waals surface area contributed by atoms with Crippen molar-refractivity contribution >= 4 is 0 Å². The van der Waals surface area contributed by atoms with Crippen LogP contribution in [0.4, 0.5) is 0 Å². The monoisotopic (exact) mass is 205 g/mol. The van der Waals surface area contributed by atoms with Crippen LogP contribution in [0, 0.1) is 6.92 Å². The number of aryl methyl sites for hydroxylation is 1. The van der Waals surface area contributed by atoms with Gasteiger partial charge in [0.25, 0.3) is 0 Å². The molecule has 0 aromatic heterocycles. The summed E-state index contributed by atoms with van der Waals surface area (Å²) in [6.07, 6.45) is 0. The number of nitrogens with zero attached hydrogens (tertiary/aromatic N) is 1. The summed E-state index contributed by atoms with van der Waals surface area (Å²) in [6.45, 7) is 7.90. The predicted octanol–water partition coefficient (Wildman–Crippen LogP) is 1.91. The first-order valence-electron chi connectivity index (χ1n) is 5.55. The highest BCUT2D eigenvalue weighted by Gasteiger charge is 2.43. The second-order valence-electron chi connectivity index (χ2n) is 4.90. The SMILES string of the molecule is Cc1cccc(C2(O)CN(C(C)C)C2)c1. The molecule has 0 atom stereocenters. The van der Waals surface area contributed by atoms with Gasteiger partial charge in [0, 0.05) is 19.1 Å². The Bertz CT molecular complexity index is 353. The normalized spacial score (nSPS) is 20.3. The lowest BCUT2D eigenvalue weighted by molar-refractivity contribution is -0.116. The summed E-state index contributed by atoms with van der Waals surface area (Å²) in [7, 11) is 0. The van der Waals surface area contributed by atoms with Crippen molar-refractivity contribution in [3.63, 3.8) is 0 Å². The molecule has 0 aliphatic carbocycles. The third-order valence-electron chi connectivity index (χ3n) is 3.22. The zero-order valence-corrected chi connectivity index (χ0v) is 9.70. The van der Waals surface area contributed by atoms with Crippen molar-refractivity contribution in [1.82, 2.24) is 4.90 Å². The summed E-state index contributed by atoms with van der Waals surface area (Å²) in [6, 6.07) is 8.70. The van der Waals surface area contributed by atoms with E-state index in [4.69, 9.17) is 0 Å². The number of β-amino-alcohol motifs (C(OH)–C–C–N with tert-alkyl or cyclic N) is 1. The molecule has 1 aromatic rings. The molecule has 82 valence electrons. The quantitative estimate of drug-likeness (QED) is 0.797. The van der Waals surface area contributed by atoms with E-state index >= 15 is 0 Å². The van der Waals surface area contributed by atoms with Crippen LogP contribution in [0.5, 0.6) is 0 Å². The molecular weight excluding hydrogens is 186 g/mol. The van der Waals surface area contributed by atoms with Crippen LogP contribution in [0.2, 0.25) is 0 Å². The highest BCUT2D eigenvalue weighted by molar-refractivity contribution is 5.30. The fourth-order valence-corrected chi connectivity index (χ4v) is 2.11. The van der Waals surface area contributed by atoms with Gasteiger partial charge in [0.1, 0.15) is 5.60 Å². The molecule has 0 bridgehead atoms. The maximum Gasteiger partial charge on any atom is 0.115 e. The van der Waals surface area contributed by atoms with Gasteiger partial charge in [0.2, 0.25) is 0 Å². The number of hydrogen-bond donors (Lipinski definition) is 1. The Morgan fingerprint density at radius 2 is 2.00 bits per heavy atom. The minimum Gasteiger partial charge on any atom is -0.382 e. The van der Waals surface area contributed by atoms with E-state index in [0.29, 0.717) is 6.04 Å². The van der Waals surface area contributed by atoms with E-state index in [1.807, 2.05) is 12.1 Å². The van der Waals surface area contributed by atoms with Gasteiger partial charge < -0.3 is 5.11 Å². The smallest absolute Gasteiger partial charge is 0.115 e. The van der Waals surface area contributed by atoms with E-state index in [1.165, 1.54) is 5.56 Å². The molecule has 2 heteroatoms. The van der Waals surface area contributed by atoms with E-state index in [-0.39, 0.29) is 0 Å². The molecule has 0 amide bonds. The minimum absolute atomic E-state index is 0.523. The van der Waals surface area contributed by atoms with Gasteiger partial charge in [-0.3, -0.25) is 4.90 Å². The lowest BCUT2D eigenvalue weighted by Crippen LogP contribution is -2.61. The van der Waals surface area contributed by atoms with E-state index in [2.05, 4.69) is 37.8 Å². The fourth-order valence-electron chi connectivity index (χ4n) is 2.11. The Balaban J connectivity index is 2.13. The van der Waals surface area contributed by atoms with Crippen molar-refractivity contribution < 1.29 is 5.11 Å². The number of rotatable bonds is 2. The third-order valence-corrected chi connectivity index (χ3v) is 3.22. The van der Waals surface area contributed by atoms with Crippen molar-refractivity contribution in [1.29, 1.82) is 0 Å². The summed E-state index contributed by atoms with van der Waals surface area (Å²) in [4.78, 5) is 2.28. The van der Waals surface area contributed by atoms with Gasteiger partial charge in [0.15, 0.2) is 0 Å². The van der Waals surface area contributed by atoms with Crippen LogP contribution in [0.15, 0.2) is 24.3 Å². The first-order chi connectivity index (χ1) is 7.01. The minimum atomic E-state index is -0.615. The van der Waals surface area contributed by atoms with Crippen LogP contribution in [0.3, 0.4) is 0 Å². The van der Waals surface area contributed by atoms with E-state index < -0.39 is 5.60 Å². The van der Waals surface area contributed by atoms with Crippen molar-refractivity contribution in [2.24, 2.45) is 0 Å². The summed E-state index contributed by atoms with van der Waals surface area (Å²) in [5.74, 6) is 0. The van der Waals surface area contributed by atoms with Crippen molar-refractivity contribution in [2.75, 3.05) is 13.1 Å². The Labute approximate surface area is 91.5 Å². The standard InChI is InChI=1S/C13H19NO/c1-10(2)14-8-13(15,9-14)12-6-4-5-11(3)7-12/h4-7,10,15H,8-9H2,1-3H3. The number of hydrogen-bond acceptors (Lipinski definition) is 2. The molecule has 1 aliphatic heterocycles. The Morgan fingerprint density at radius 3 is 2.53 bits per heavy atom. The average Bonchev–Trinajstić information content (AvgIpc) is 2.12. The van der Waals surface area contributed by atoms with Gasteiger partial charge in [-0.15, -0.1) is 0 Å². The average molecular weight is 205 g/mol. The van der Waals surface area contributed by atoms with E-state index in [1.54, 1.807) is 0 Å². The topological polar surface area (TPSA) is 23.5 Å². The lowest BCUT2D eigenvalue weighted by Gasteiger charge is -2.49. The third kappa shape index (κ3) is 1.92. The van der Waals surface area contributed by atoms with Crippen LogP contribution < -0.4 is 0 Å². The van der Waals surface area contributed by atoms with Gasteiger partial charge in [-0.25, -0.2) is 0 Å². The zero-order chi connectivity index (χ0) is 11.1. The second kappa shape index (κ2) is 3.62. The van der Waals surface area contributed by atoms with Crippen LogP contribution >= 0.6 is 0 Å². The first kappa shape index (κ1) is 10.7. The zero-order valence-electron chi connectivity index (χ0n) is 9.70. The molecule has 2 nitrogen and oxygen atoms in total. The second-order valence-corrected chi connectivity index (χ2v) is 4.90. The fraction of sp³-hybridized carbons (Fsp3) is 0.538. The molecule has 0 unspecified atom stereocenters. The van der Waals surface area contributed by atoms with Gasteiger partial charge in [-0.05, 0) is 26.3 Å². The molecule has 1 aliphatic rings. The molecule has 1 saturated heterocycles. The molecule has 0 spiro atoms. The van der Waals surface area contributed by atoms with Crippen molar-refractivity contribution in [2.45, 2.75) is 32.4 Å². The molecule has 15 heavy (non-hydrogen) atoms. The largest absolute Gasteiger partial charge is 0.382 e. The number of likely N-dealkylation sites (tertiary alicyclic amines) is 1. The molecule has 1 aromatic carbocycles. The van der Waals surface area contributed by atoms with E-state index in [9.17, 15) is 5.11 Å². The Morgan fingerprint density at radius 1 is 1.33 bits per heavy atom. The summed E-state index contributed by atoms with van der Waals surface area (Å²) < 4.78 is 0. The number of aliphatic hydroxyl groups is 1. The Hall–Kier alpha value is -0.860. The van der Waals surface area contributed by atoms with Crippen LogP contribution in [0.1, 0.15) is 25.0 Å². The maximum atomic E-state index is 10.4. The van der Waals surface area contributed by atoms with Gasteiger partial charge >= 0.3 is 0 Å². The van der Waals surface area contributed by atoms with Crippen LogP contribution in [-0.4, -0.2) is 29.1 Å². The molecule has 1 heterocycles. The highest BCUT2D eigenvalue weighted by atomic mass is 16.3. The molecule has 0 radical (unpaired) electrons. The summed E-state index contributed by atoms with van der Waals surface area (Å²) >= 11 is 0. The predicted molar refractivity (Wildman–Crippen MR) is 61.8 cm³/mol. The lowest BCUT2D eigenvalue weighted by atomic mass is 9.84. The molecular formula is C13H19NO. The highest BCUT2D eigenvalue weighted by Crippen LogP contribution is 2.33. The van der Waals surface area contributed by atoms with Crippen LogP contribution in [0.25, 0.3) is 0 Å². The maximum absolute atomic E-state index is 10.4. The van der Waals surface area contributed by atoms with Crippen molar-refractivity contribution in [3.8, 4) is 0 Å². The van der Waals surface area contributed by atoms with Gasteiger partial charge in [-0.1, -0.05) is 29.8 Å². The molecule has 2 rings (SSSR count). The molecule has 1 N–H and O–H groups in total. The molecule has 1 fully saturated rings. The van der Waals surface area contributed by atoms with Crippen molar-refractivity contribution in [3.05, 3.63) is 35.4 Å². The number of benzene rings is 1. The molecule has 0 saturated carbocycles. The first-order valence-corrected chi connectivity index (χ1v) is 5.55. The summed E-state index contributed by atoms with van der Waals surface area (Å²) in [5, 5.41) is 10.4. The van der Waals surface area contributed by atoms with Crippen LogP contribution in [-0.2, 0) is 5.60 Å². The van der Waals surface area contributed by atoms with Gasteiger partial charge in [0.05, 0.1) is 0 Å². The van der Waals surface area contributed by atoms with Gasteiger partial charge in [-0.2, -0.15) is 0 Å². The van der Waals surface area contributed by atoms with E-state index in [0.717, 1.165) is 18.7 Å².